The Kier molecular flexibility index (Phi) is 3.73. The summed E-state index contributed by atoms with van der Waals surface area (Å²) in [6, 6.07) is 10.8. The summed E-state index contributed by atoms with van der Waals surface area (Å²) in [5.41, 5.74) is 3.62. The standard InChI is InChI=1S/C14H14Cl2/c1-2-10-3-4-11-6-13(8-15)14(9-16)7-12(11)5-10/h3-7H,2,8-9H2,1H3. The molecule has 0 nitrogen and oxygen atoms in total. The second kappa shape index (κ2) is 5.07. The van der Waals surface area contributed by atoms with Crippen molar-refractivity contribution >= 4 is 34.0 Å². The molecular formula is C14H14Cl2. The number of fused-ring (bicyclic) bond motifs is 1. The number of rotatable bonds is 3. The first-order valence-corrected chi connectivity index (χ1v) is 6.51. The summed E-state index contributed by atoms with van der Waals surface area (Å²) in [5, 5.41) is 2.49. The second-order valence-corrected chi connectivity index (χ2v) is 4.46. The van der Waals surface area contributed by atoms with Crippen LogP contribution < -0.4 is 0 Å². The average Bonchev–Trinajstić information content (AvgIpc) is 2.36. The Morgan fingerprint density at radius 3 is 2.06 bits per heavy atom. The number of aryl methyl sites for hydroxylation is 1. The third-order valence-corrected chi connectivity index (χ3v) is 3.50. The van der Waals surface area contributed by atoms with Gasteiger partial charge in [0, 0.05) is 11.8 Å². The van der Waals surface area contributed by atoms with Crippen LogP contribution in [0.15, 0.2) is 30.3 Å². The van der Waals surface area contributed by atoms with Crippen molar-refractivity contribution in [3.8, 4) is 0 Å². The van der Waals surface area contributed by atoms with E-state index < -0.39 is 0 Å². The number of benzene rings is 2. The number of hydrogen-bond donors (Lipinski definition) is 0. The fourth-order valence-corrected chi connectivity index (χ4v) is 2.41. The molecule has 0 spiro atoms. The van der Waals surface area contributed by atoms with Gasteiger partial charge in [-0.15, -0.1) is 23.2 Å². The Morgan fingerprint density at radius 1 is 0.875 bits per heavy atom. The third-order valence-electron chi connectivity index (χ3n) is 2.92. The van der Waals surface area contributed by atoms with E-state index in [0.29, 0.717) is 11.8 Å². The van der Waals surface area contributed by atoms with Crippen LogP contribution in [0.3, 0.4) is 0 Å². The van der Waals surface area contributed by atoms with Gasteiger partial charge in [0.2, 0.25) is 0 Å². The molecule has 0 bridgehead atoms. The van der Waals surface area contributed by atoms with E-state index in [1.807, 2.05) is 0 Å². The lowest BCUT2D eigenvalue weighted by Gasteiger charge is -2.08. The Balaban J connectivity index is 2.63. The highest BCUT2D eigenvalue weighted by molar-refractivity contribution is 6.19. The Labute approximate surface area is 106 Å². The quantitative estimate of drug-likeness (QED) is 0.684. The maximum absolute atomic E-state index is 5.93. The van der Waals surface area contributed by atoms with Crippen LogP contribution in [0.2, 0.25) is 0 Å². The molecule has 16 heavy (non-hydrogen) atoms. The van der Waals surface area contributed by atoms with E-state index in [1.54, 1.807) is 0 Å². The monoisotopic (exact) mass is 252 g/mol. The summed E-state index contributed by atoms with van der Waals surface area (Å²) >= 11 is 11.8. The largest absolute Gasteiger partial charge is 0.122 e. The van der Waals surface area contributed by atoms with Crippen LogP contribution in [0.4, 0.5) is 0 Å². The topological polar surface area (TPSA) is 0 Å². The van der Waals surface area contributed by atoms with Crippen LogP contribution in [0, 0.1) is 0 Å². The molecule has 2 rings (SSSR count). The highest BCUT2D eigenvalue weighted by Crippen LogP contribution is 2.24. The second-order valence-electron chi connectivity index (χ2n) is 3.92. The Hall–Kier alpha value is -0.720. The highest BCUT2D eigenvalue weighted by atomic mass is 35.5. The van der Waals surface area contributed by atoms with Crippen molar-refractivity contribution in [2.75, 3.05) is 0 Å². The minimum absolute atomic E-state index is 0.521. The number of hydrogen-bond acceptors (Lipinski definition) is 0. The number of alkyl halides is 2. The van der Waals surface area contributed by atoms with E-state index in [1.165, 1.54) is 16.3 Å². The van der Waals surface area contributed by atoms with Gasteiger partial charge in [-0.1, -0.05) is 25.1 Å². The predicted molar refractivity (Wildman–Crippen MR) is 72.4 cm³/mol. The zero-order chi connectivity index (χ0) is 11.5. The minimum atomic E-state index is 0.521. The van der Waals surface area contributed by atoms with Gasteiger partial charge in [-0.05, 0) is 46.0 Å². The highest BCUT2D eigenvalue weighted by Gasteiger charge is 2.04. The molecule has 0 unspecified atom stereocenters. The van der Waals surface area contributed by atoms with Gasteiger partial charge in [-0.3, -0.25) is 0 Å². The summed E-state index contributed by atoms with van der Waals surface area (Å²) in [6.45, 7) is 2.16. The molecule has 0 aromatic heterocycles. The molecule has 2 aromatic rings. The van der Waals surface area contributed by atoms with E-state index in [4.69, 9.17) is 23.2 Å². The molecule has 0 amide bonds. The van der Waals surface area contributed by atoms with Crippen LogP contribution >= 0.6 is 23.2 Å². The number of halogens is 2. The molecule has 0 aliphatic carbocycles. The van der Waals surface area contributed by atoms with E-state index in [0.717, 1.165) is 17.5 Å². The summed E-state index contributed by atoms with van der Waals surface area (Å²) in [4.78, 5) is 0. The molecule has 0 radical (unpaired) electrons. The van der Waals surface area contributed by atoms with Gasteiger partial charge in [0.05, 0.1) is 0 Å². The van der Waals surface area contributed by atoms with Crippen molar-refractivity contribution in [3.63, 3.8) is 0 Å². The normalized spacial score (nSPS) is 10.9. The van der Waals surface area contributed by atoms with Crippen molar-refractivity contribution in [1.29, 1.82) is 0 Å². The van der Waals surface area contributed by atoms with Crippen molar-refractivity contribution in [1.82, 2.24) is 0 Å². The smallest absolute Gasteiger partial charge is 0.0477 e. The molecule has 0 heterocycles. The van der Waals surface area contributed by atoms with Crippen molar-refractivity contribution in [2.24, 2.45) is 0 Å². The molecule has 0 saturated carbocycles. The van der Waals surface area contributed by atoms with E-state index in [-0.39, 0.29) is 0 Å². The summed E-state index contributed by atoms with van der Waals surface area (Å²) in [6.07, 6.45) is 1.06. The fraction of sp³-hybridized carbons (Fsp3) is 0.286. The fourth-order valence-electron chi connectivity index (χ4n) is 1.91. The molecule has 0 atom stereocenters. The van der Waals surface area contributed by atoms with Crippen LogP contribution in [-0.4, -0.2) is 0 Å². The molecule has 0 N–H and O–H groups in total. The van der Waals surface area contributed by atoms with E-state index in [2.05, 4.69) is 37.3 Å². The van der Waals surface area contributed by atoms with Gasteiger partial charge in [-0.2, -0.15) is 0 Å². The summed E-state index contributed by atoms with van der Waals surface area (Å²) in [7, 11) is 0. The van der Waals surface area contributed by atoms with Gasteiger partial charge in [0.25, 0.3) is 0 Å². The molecule has 0 fully saturated rings. The summed E-state index contributed by atoms with van der Waals surface area (Å²) in [5.74, 6) is 1.04. The lowest BCUT2D eigenvalue weighted by Crippen LogP contribution is -1.90. The average molecular weight is 253 g/mol. The molecular weight excluding hydrogens is 239 g/mol. The zero-order valence-electron chi connectivity index (χ0n) is 9.26. The zero-order valence-corrected chi connectivity index (χ0v) is 10.8. The summed E-state index contributed by atoms with van der Waals surface area (Å²) < 4.78 is 0. The van der Waals surface area contributed by atoms with E-state index in [9.17, 15) is 0 Å². The van der Waals surface area contributed by atoms with Gasteiger partial charge in [0.15, 0.2) is 0 Å². The maximum Gasteiger partial charge on any atom is 0.0477 e. The first-order valence-electron chi connectivity index (χ1n) is 5.45. The first-order chi connectivity index (χ1) is 7.78. The van der Waals surface area contributed by atoms with Crippen LogP contribution in [0.5, 0.6) is 0 Å². The van der Waals surface area contributed by atoms with Gasteiger partial charge >= 0.3 is 0 Å². The van der Waals surface area contributed by atoms with Gasteiger partial charge in [0.1, 0.15) is 0 Å². The van der Waals surface area contributed by atoms with Gasteiger partial charge in [-0.25, -0.2) is 0 Å². The lowest BCUT2D eigenvalue weighted by atomic mass is 10.00. The molecule has 0 saturated heterocycles. The predicted octanol–water partition coefficient (Wildman–Crippen LogP) is 4.88. The lowest BCUT2D eigenvalue weighted by molar-refractivity contribution is 1.15. The van der Waals surface area contributed by atoms with E-state index >= 15 is 0 Å². The maximum atomic E-state index is 5.93. The van der Waals surface area contributed by atoms with Crippen LogP contribution in [-0.2, 0) is 18.2 Å². The Morgan fingerprint density at radius 2 is 1.50 bits per heavy atom. The molecule has 84 valence electrons. The van der Waals surface area contributed by atoms with Crippen LogP contribution in [0.25, 0.3) is 10.8 Å². The molecule has 2 heteroatoms. The van der Waals surface area contributed by atoms with Crippen LogP contribution in [0.1, 0.15) is 23.6 Å². The van der Waals surface area contributed by atoms with Crippen molar-refractivity contribution in [3.05, 3.63) is 47.0 Å². The third kappa shape index (κ3) is 2.18. The first kappa shape index (κ1) is 11.8. The van der Waals surface area contributed by atoms with Crippen molar-refractivity contribution < 1.29 is 0 Å². The Bertz CT molecular complexity index is 503. The SMILES string of the molecule is CCc1ccc2cc(CCl)c(CCl)cc2c1. The van der Waals surface area contributed by atoms with Crippen molar-refractivity contribution in [2.45, 2.75) is 25.1 Å². The molecule has 0 aliphatic rings. The minimum Gasteiger partial charge on any atom is -0.122 e. The molecule has 0 aliphatic heterocycles. The molecule has 2 aromatic carbocycles. The van der Waals surface area contributed by atoms with Gasteiger partial charge < -0.3 is 0 Å².